The Bertz CT molecular complexity index is 2550. The first-order valence-electron chi connectivity index (χ1n) is 17.7. The third-order valence-corrected chi connectivity index (χ3v) is 9.74. The number of hydrogen-bond acceptors (Lipinski definition) is 2. The minimum Gasteiger partial charge on any atom is -0.456 e. The van der Waals surface area contributed by atoms with E-state index >= 15 is 0 Å². The molecule has 1 aromatic heterocycles. The van der Waals surface area contributed by atoms with Gasteiger partial charge in [0.15, 0.2) is 0 Å². The van der Waals surface area contributed by atoms with Gasteiger partial charge in [-0.25, -0.2) is 0 Å². The van der Waals surface area contributed by atoms with Gasteiger partial charge in [-0.1, -0.05) is 170 Å². The average Bonchev–Trinajstić information content (AvgIpc) is 3.67. The maximum atomic E-state index is 6.25. The van der Waals surface area contributed by atoms with Gasteiger partial charge in [0, 0.05) is 27.9 Å². The molecule has 0 saturated carbocycles. The van der Waals surface area contributed by atoms with Crippen molar-refractivity contribution in [2.75, 3.05) is 4.90 Å². The van der Waals surface area contributed by atoms with Gasteiger partial charge in [0.2, 0.25) is 0 Å². The Morgan fingerprint density at radius 1 is 0.308 bits per heavy atom. The maximum Gasteiger partial charge on any atom is 0.136 e. The first kappa shape index (κ1) is 31.1. The van der Waals surface area contributed by atoms with E-state index in [1.165, 1.54) is 33.4 Å². The van der Waals surface area contributed by atoms with Crippen LogP contribution in [0.3, 0.4) is 0 Å². The van der Waals surface area contributed by atoms with Crippen LogP contribution in [0.2, 0.25) is 0 Å². The number of nitrogens with zero attached hydrogens (tertiary/aromatic N) is 1. The van der Waals surface area contributed by atoms with Crippen LogP contribution in [-0.2, 0) is 0 Å². The van der Waals surface area contributed by atoms with Gasteiger partial charge < -0.3 is 9.32 Å². The highest BCUT2D eigenvalue weighted by atomic mass is 16.3. The van der Waals surface area contributed by atoms with Crippen LogP contribution in [-0.4, -0.2) is 0 Å². The highest BCUT2D eigenvalue weighted by Gasteiger charge is 2.17. The topological polar surface area (TPSA) is 16.4 Å². The van der Waals surface area contributed by atoms with E-state index in [0.717, 1.165) is 50.5 Å². The van der Waals surface area contributed by atoms with Crippen molar-refractivity contribution in [1.82, 2.24) is 0 Å². The molecule has 0 aliphatic heterocycles. The third kappa shape index (κ3) is 6.08. The van der Waals surface area contributed by atoms with Gasteiger partial charge in [0.1, 0.15) is 11.3 Å². The summed E-state index contributed by atoms with van der Waals surface area (Å²) in [5.74, 6) is 0.880. The van der Waals surface area contributed by atoms with Crippen LogP contribution in [0.25, 0.3) is 66.8 Å². The zero-order valence-corrected chi connectivity index (χ0v) is 28.6. The zero-order chi connectivity index (χ0) is 34.7. The van der Waals surface area contributed by atoms with Gasteiger partial charge in [0.05, 0.1) is 5.69 Å². The summed E-state index contributed by atoms with van der Waals surface area (Å²) in [5.41, 5.74) is 14.7. The fraction of sp³-hybridized carbons (Fsp3) is 0. The Hall–Kier alpha value is -6.90. The smallest absolute Gasteiger partial charge is 0.136 e. The Balaban J connectivity index is 1.03. The Labute approximate surface area is 304 Å². The largest absolute Gasteiger partial charge is 0.456 e. The molecular formula is C50H35NO. The van der Waals surface area contributed by atoms with Crippen LogP contribution >= 0.6 is 0 Å². The predicted octanol–water partition coefficient (Wildman–Crippen LogP) is 14.2. The SMILES string of the molecule is c1ccc(-c2ccc(-c3ccccc3N(c3ccccc3)c3ccc(-c4ccc(-c5ccccc5-c5cc6ccccc6o5)cc4)cc3)cc2)cc1. The van der Waals surface area contributed by atoms with Gasteiger partial charge >= 0.3 is 0 Å². The summed E-state index contributed by atoms with van der Waals surface area (Å²) in [6.07, 6.45) is 0. The molecule has 0 amide bonds. The molecule has 8 aromatic carbocycles. The standard InChI is InChI=1S/C50H35NO/c1-3-13-36(14-4-1)37-25-29-41(30-26-37)46-19-10-11-21-48(46)51(43-16-5-2-6-17-43)44-33-31-39(32-34-44)38-23-27-40(28-24-38)45-18-8-9-20-47(45)50-35-42-15-7-12-22-49(42)52-50/h1-35H. The molecule has 1 heterocycles. The Morgan fingerprint density at radius 3 is 1.40 bits per heavy atom. The molecule has 0 unspecified atom stereocenters. The second-order valence-corrected chi connectivity index (χ2v) is 12.9. The van der Waals surface area contributed by atoms with Gasteiger partial charge in [-0.15, -0.1) is 0 Å². The number of hydrogen-bond donors (Lipinski definition) is 0. The number of rotatable bonds is 8. The molecule has 0 spiro atoms. The number of benzene rings is 8. The van der Waals surface area contributed by atoms with Crippen molar-refractivity contribution >= 4 is 28.0 Å². The van der Waals surface area contributed by atoms with Crippen molar-refractivity contribution in [3.63, 3.8) is 0 Å². The van der Waals surface area contributed by atoms with Gasteiger partial charge in [-0.05, 0) is 81.4 Å². The van der Waals surface area contributed by atoms with E-state index in [1.54, 1.807) is 0 Å². The fourth-order valence-electron chi connectivity index (χ4n) is 7.10. The maximum absolute atomic E-state index is 6.25. The predicted molar refractivity (Wildman–Crippen MR) is 218 cm³/mol. The molecule has 0 aliphatic rings. The summed E-state index contributed by atoms with van der Waals surface area (Å²) in [6.45, 7) is 0. The highest BCUT2D eigenvalue weighted by Crippen LogP contribution is 2.42. The molecule has 9 aromatic rings. The van der Waals surface area contributed by atoms with E-state index in [9.17, 15) is 0 Å². The molecule has 246 valence electrons. The van der Waals surface area contributed by atoms with Crippen LogP contribution < -0.4 is 4.90 Å². The lowest BCUT2D eigenvalue weighted by atomic mass is 9.95. The minimum atomic E-state index is 0.880. The number of furan rings is 1. The summed E-state index contributed by atoms with van der Waals surface area (Å²) in [7, 11) is 0. The van der Waals surface area contributed by atoms with Crippen LogP contribution in [0.15, 0.2) is 217 Å². The molecule has 0 fully saturated rings. The lowest BCUT2D eigenvalue weighted by molar-refractivity contribution is 0.632. The number of fused-ring (bicyclic) bond motifs is 1. The second-order valence-electron chi connectivity index (χ2n) is 12.9. The Morgan fingerprint density at radius 2 is 0.750 bits per heavy atom. The van der Waals surface area contributed by atoms with Crippen molar-refractivity contribution in [2.45, 2.75) is 0 Å². The van der Waals surface area contributed by atoms with Crippen molar-refractivity contribution in [3.8, 4) is 55.8 Å². The molecular weight excluding hydrogens is 631 g/mol. The molecule has 9 rings (SSSR count). The van der Waals surface area contributed by atoms with E-state index in [2.05, 4.69) is 199 Å². The zero-order valence-electron chi connectivity index (χ0n) is 28.6. The lowest BCUT2D eigenvalue weighted by Crippen LogP contribution is -2.11. The molecule has 0 radical (unpaired) electrons. The molecule has 2 heteroatoms. The van der Waals surface area contributed by atoms with Crippen LogP contribution in [0.5, 0.6) is 0 Å². The highest BCUT2D eigenvalue weighted by molar-refractivity contribution is 5.90. The van der Waals surface area contributed by atoms with Gasteiger partial charge in [-0.3, -0.25) is 0 Å². The summed E-state index contributed by atoms with van der Waals surface area (Å²) in [4.78, 5) is 2.35. The summed E-state index contributed by atoms with van der Waals surface area (Å²) < 4.78 is 6.25. The Kier molecular flexibility index (Phi) is 8.24. The molecule has 0 aliphatic carbocycles. The summed E-state index contributed by atoms with van der Waals surface area (Å²) in [6, 6.07) is 75.2. The van der Waals surface area contributed by atoms with Crippen LogP contribution in [0, 0.1) is 0 Å². The van der Waals surface area contributed by atoms with Crippen LogP contribution in [0.4, 0.5) is 17.1 Å². The van der Waals surface area contributed by atoms with Crippen molar-refractivity contribution in [1.29, 1.82) is 0 Å². The first-order valence-corrected chi connectivity index (χ1v) is 17.7. The first-order chi connectivity index (χ1) is 25.8. The van der Waals surface area contributed by atoms with Crippen molar-refractivity contribution in [2.24, 2.45) is 0 Å². The minimum absolute atomic E-state index is 0.880. The summed E-state index contributed by atoms with van der Waals surface area (Å²) >= 11 is 0. The van der Waals surface area contributed by atoms with E-state index in [0.29, 0.717) is 0 Å². The van der Waals surface area contributed by atoms with Crippen molar-refractivity contribution < 1.29 is 4.42 Å². The number of anilines is 3. The van der Waals surface area contributed by atoms with Crippen molar-refractivity contribution in [3.05, 3.63) is 212 Å². The van der Waals surface area contributed by atoms with E-state index in [-0.39, 0.29) is 0 Å². The molecule has 52 heavy (non-hydrogen) atoms. The third-order valence-electron chi connectivity index (χ3n) is 9.74. The van der Waals surface area contributed by atoms with Gasteiger partial charge in [0.25, 0.3) is 0 Å². The summed E-state index contributed by atoms with van der Waals surface area (Å²) in [5, 5.41) is 1.11. The monoisotopic (exact) mass is 665 g/mol. The molecule has 0 N–H and O–H groups in total. The molecule has 0 atom stereocenters. The average molecular weight is 666 g/mol. The molecule has 2 nitrogen and oxygen atoms in total. The van der Waals surface area contributed by atoms with Gasteiger partial charge in [-0.2, -0.15) is 0 Å². The molecule has 0 bridgehead atoms. The fourth-order valence-corrected chi connectivity index (χ4v) is 7.10. The normalized spacial score (nSPS) is 11.1. The number of para-hydroxylation sites is 3. The van der Waals surface area contributed by atoms with Crippen LogP contribution in [0.1, 0.15) is 0 Å². The second kappa shape index (κ2) is 13.8. The lowest BCUT2D eigenvalue weighted by Gasteiger charge is -2.28. The van der Waals surface area contributed by atoms with E-state index in [4.69, 9.17) is 4.42 Å². The van der Waals surface area contributed by atoms with E-state index < -0.39 is 0 Å². The molecule has 0 saturated heterocycles. The quantitative estimate of drug-likeness (QED) is 0.161. The van der Waals surface area contributed by atoms with E-state index in [1.807, 2.05) is 18.2 Å².